The Kier molecular flexibility index (Phi) is 8.99. The average Bonchev–Trinajstić information content (AvgIpc) is 3.82. The number of nitrogens with zero attached hydrogens (tertiary/aromatic N) is 8. The predicted molar refractivity (Wildman–Crippen MR) is 174 cm³/mol. The first kappa shape index (κ1) is 32.3. The van der Waals surface area contributed by atoms with Gasteiger partial charge in [0.25, 0.3) is 0 Å². The Balaban J connectivity index is 1.30. The first-order valence-corrected chi connectivity index (χ1v) is 16.6. The number of benzene rings is 1. The van der Waals surface area contributed by atoms with Crippen molar-refractivity contribution in [3.63, 3.8) is 0 Å². The summed E-state index contributed by atoms with van der Waals surface area (Å²) >= 11 is 6.57. The summed E-state index contributed by atoms with van der Waals surface area (Å²) in [6.45, 7) is 2.59. The number of aliphatic hydroxyl groups excluding tert-OH is 1. The van der Waals surface area contributed by atoms with Crippen LogP contribution >= 0.6 is 11.6 Å². The number of likely N-dealkylation sites (N-methyl/N-ethyl adjacent to an activating group) is 1. The highest BCUT2D eigenvalue weighted by molar-refractivity contribution is 6.32. The van der Waals surface area contributed by atoms with Crippen LogP contribution in [0, 0.1) is 17.1 Å². The molecule has 4 atom stereocenters. The number of halogens is 2. The molecule has 3 aliphatic heterocycles. The molecule has 3 aromatic heterocycles. The van der Waals surface area contributed by atoms with E-state index >= 15 is 4.39 Å². The molecule has 3 unspecified atom stereocenters. The van der Waals surface area contributed by atoms with Gasteiger partial charge < -0.3 is 39.4 Å². The summed E-state index contributed by atoms with van der Waals surface area (Å²) in [7, 11) is 2.04. The molecule has 0 bridgehead atoms. The number of nitriles is 1. The molecule has 1 amide bonds. The average molecular weight is 682 g/mol. The van der Waals surface area contributed by atoms with E-state index in [1.807, 2.05) is 11.9 Å². The van der Waals surface area contributed by atoms with Gasteiger partial charge in [0, 0.05) is 61.1 Å². The van der Waals surface area contributed by atoms with Crippen molar-refractivity contribution in [3.05, 3.63) is 40.4 Å². The molecule has 0 radical (unpaired) electrons. The number of carbonyl (C=O) groups is 1. The lowest BCUT2D eigenvalue weighted by Gasteiger charge is -2.39. The Labute approximate surface area is 280 Å². The normalized spacial score (nSPS) is 22.8. The fraction of sp³-hybridized carbons (Fsp3) is 0.531. The number of hydrogen-bond donors (Lipinski definition) is 3. The smallest absolute Gasteiger partial charge is 0.407 e. The van der Waals surface area contributed by atoms with E-state index in [-0.39, 0.29) is 48.4 Å². The van der Waals surface area contributed by atoms with Crippen molar-refractivity contribution in [1.82, 2.24) is 34.5 Å². The standard InChI is InChI=1S/C32H37ClFN9O5/c1-40-9-4-5-19(40)17-48-31-38-27-21(14-36-28(27)30(39-31)41-10-11-42(32(45)46)18(16-41)7-8-35)29(44)25-20-15-37-43(24-6-2-3-12-47-24)23(20)13-22(34)26(25)33/h13-15,18-19,24,29,36,44H,2-7,9-12,16-17H2,1H3,(H,45,46)/t18-,19?,24?,29?/m0/s1. The second-order valence-electron chi connectivity index (χ2n) is 12.7. The number of ether oxygens (including phenoxy) is 2. The van der Waals surface area contributed by atoms with Crippen LogP contribution in [0.3, 0.4) is 0 Å². The van der Waals surface area contributed by atoms with Gasteiger partial charge >= 0.3 is 12.1 Å². The first-order chi connectivity index (χ1) is 23.2. The molecule has 254 valence electrons. The maximum Gasteiger partial charge on any atom is 0.407 e. The molecule has 7 rings (SSSR count). The van der Waals surface area contributed by atoms with Gasteiger partial charge in [-0.2, -0.15) is 20.3 Å². The summed E-state index contributed by atoms with van der Waals surface area (Å²) in [4.78, 5) is 30.0. The fourth-order valence-corrected chi connectivity index (χ4v) is 7.41. The number of hydrogen-bond acceptors (Lipinski definition) is 10. The topological polar surface area (TPSA) is 169 Å². The lowest BCUT2D eigenvalue weighted by molar-refractivity contribution is -0.0367. The summed E-state index contributed by atoms with van der Waals surface area (Å²) in [5, 5.41) is 35.9. The van der Waals surface area contributed by atoms with Gasteiger partial charge in [0.1, 0.15) is 29.6 Å². The Bertz CT molecular complexity index is 1870. The molecule has 1 aromatic carbocycles. The van der Waals surface area contributed by atoms with Crippen molar-refractivity contribution in [2.24, 2.45) is 0 Å². The van der Waals surface area contributed by atoms with E-state index in [4.69, 9.17) is 31.0 Å². The first-order valence-electron chi connectivity index (χ1n) is 16.2. The number of likely N-dealkylation sites (tertiary alicyclic amines) is 1. The molecule has 0 saturated carbocycles. The lowest BCUT2D eigenvalue weighted by atomic mass is 9.99. The quantitative estimate of drug-likeness (QED) is 0.240. The van der Waals surface area contributed by atoms with Gasteiger partial charge in [-0.05, 0) is 45.7 Å². The molecule has 16 heteroatoms. The highest BCUT2D eigenvalue weighted by atomic mass is 35.5. The van der Waals surface area contributed by atoms with Crippen molar-refractivity contribution < 1.29 is 28.9 Å². The van der Waals surface area contributed by atoms with Crippen molar-refractivity contribution in [2.45, 2.75) is 62.9 Å². The number of piperazine rings is 1. The molecule has 48 heavy (non-hydrogen) atoms. The molecule has 3 saturated heterocycles. The Hall–Kier alpha value is -4.23. The van der Waals surface area contributed by atoms with Crippen LogP contribution in [-0.2, 0) is 4.74 Å². The van der Waals surface area contributed by atoms with Crippen LogP contribution < -0.4 is 9.64 Å². The molecular weight excluding hydrogens is 645 g/mol. The number of nitrogens with one attached hydrogen (secondary N) is 1. The van der Waals surface area contributed by atoms with Gasteiger partial charge in [-0.3, -0.25) is 0 Å². The molecule has 6 heterocycles. The summed E-state index contributed by atoms with van der Waals surface area (Å²) in [5.41, 5.74) is 1.75. The van der Waals surface area contributed by atoms with Crippen LogP contribution in [0.5, 0.6) is 6.01 Å². The van der Waals surface area contributed by atoms with Crippen LogP contribution in [-0.4, -0.2) is 109 Å². The van der Waals surface area contributed by atoms with E-state index in [1.54, 1.807) is 17.1 Å². The van der Waals surface area contributed by atoms with E-state index in [2.05, 4.69) is 21.1 Å². The van der Waals surface area contributed by atoms with Crippen molar-refractivity contribution in [2.75, 3.05) is 51.3 Å². The number of anilines is 1. The Morgan fingerprint density at radius 1 is 1.25 bits per heavy atom. The van der Waals surface area contributed by atoms with Crippen molar-refractivity contribution >= 4 is 45.4 Å². The highest BCUT2D eigenvalue weighted by Crippen LogP contribution is 2.41. The molecule has 3 fully saturated rings. The van der Waals surface area contributed by atoms with Gasteiger partial charge in [0.05, 0.1) is 35.3 Å². The SMILES string of the molecule is CN1CCCC1COc1nc(N2CCN(C(=O)O)[C@@H](CC#N)C2)c2[nH]cc(C(O)c3c(Cl)c(F)cc4c3cnn4C3CCCCO3)c2n1. The van der Waals surface area contributed by atoms with E-state index in [0.717, 1.165) is 38.6 Å². The number of aromatic amines is 1. The van der Waals surface area contributed by atoms with Gasteiger partial charge in [-0.15, -0.1) is 0 Å². The van der Waals surface area contributed by atoms with Crippen LogP contribution in [0.15, 0.2) is 18.5 Å². The minimum Gasteiger partial charge on any atom is -0.465 e. The van der Waals surface area contributed by atoms with E-state index in [9.17, 15) is 20.3 Å². The number of rotatable bonds is 8. The number of carboxylic acid groups (broad SMARTS) is 1. The minimum absolute atomic E-state index is 0.0107. The van der Waals surface area contributed by atoms with Crippen LogP contribution in [0.4, 0.5) is 15.0 Å². The molecule has 4 aromatic rings. The van der Waals surface area contributed by atoms with Crippen LogP contribution in [0.1, 0.15) is 62.0 Å². The number of fused-ring (bicyclic) bond motifs is 2. The Morgan fingerprint density at radius 3 is 2.83 bits per heavy atom. The summed E-state index contributed by atoms with van der Waals surface area (Å²) in [6.07, 6.45) is 4.98. The van der Waals surface area contributed by atoms with E-state index in [0.29, 0.717) is 53.1 Å². The highest BCUT2D eigenvalue weighted by Gasteiger charge is 2.34. The fourth-order valence-electron chi connectivity index (χ4n) is 7.15. The number of aromatic nitrogens is 5. The van der Waals surface area contributed by atoms with Crippen LogP contribution in [0.25, 0.3) is 21.9 Å². The Morgan fingerprint density at radius 2 is 2.10 bits per heavy atom. The minimum atomic E-state index is -1.42. The zero-order valence-electron chi connectivity index (χ0n) is 26.5. The molecular formula is C32H37ClFN9O5. The third kappa shape index (κ3) is 5.87. The molecule has 3 N–H and O–H groups in total. The monoisotopic (exact) mass is 681 g/mol. The van der Waals surface area contributed by atoms with Gasteiger partial charge in [0.15, 0.2) is 12.0 Å². The molecule has 0 aliphatic carbocycles. The maximum atomic E-state index is 15.4. The summed E-state index contributed by atoms with van der Waals surface area (Å²) in [5.74, 6) is -0.255. The number of aliphatic hydroxyl groups is 1. The molecule has 14 nitrogen and oxygen atoms in total. The zero-order valence-corrected chi connectivity index (χ0v) is 27.2. The predicted octanol–water partition coefficient (Wildman–Crippen LogP) is 4.44. The number of amides is 1. The second-order valence-corrected chi connectivity index (χ2v) is 13.0. The van der Waals surface area contributed by atoms with Gasteiger partial charge in [-0.25, -0.2) is 13.9 Å². The second kappa shape index (κ2) is 13.3. The van der Waals surface area contributed by atoms with E-state index < -0.39 is 24.1 Å². The zero-order chi connectivity index (χ0) is 33.5. The van der Waals surface area contributed by atoms with E-state index in [1.165, 1.54) is 11.0 Å². The lowest BCUT2D eigenvalue weighted by Crippen LogP contribution is -2.55. The molecule has 3 aliphatic rings. The maximum absolute atomic E-state index is 15.4. The van der Waals surface area contributed by atoms with Crippen LogP contribution in [0.2, 0.25) is 5.02 Å². The third-order valence-electron chi connectivity index (χ3n) is 9.78. The largest absolute Gasteiger partial charge is 0.465 e. The van der Waals surface area contributed by atoms with Gasteiger partial charge in [0.2, 0.25) is 0 Å². The number of H-pyrrole nitrogens is 1. The molecule has 0 spiro atoms. The summed E-state index contributed by atoms with van der Waals surface area (Å²) in [6, 6.07) is 3.10. The third-order valence-corrected chi connectivity index (χ3v) is 10.2. The van der Waals surface area contributed by atoms with Crippen molar-refractivity contribution in [3.8, 4) is 12.1 Å². The van der Waals surface area contributed by atoms with Gasteiger partial charge in [-0.1, -0.05) is 11.6 Å². The summed E-state index contributed by atoms with van der Waals surface area (Å²) < 4.78 is 29.2. The van der Waals surface area contributed by atoms with Crippen molar-refractivity contribution in [1.29, 1.82) is 5.26 Å².